The molecule has 2 N–H and O–H groups in total. The monoisotopic (exact) mass is 248 g/mol. The largest absolute Gasteiger partial charge is 0.386 e. The fourth-order valence-corrected chi connectivity index (χ4v) is 2.09. The van der Waals surface area contributed by atoms with Crippen molar-refractivity contribution < 1.29 is 9.84 Å². The standard InChI is InChI=1S/C12H16N4O2/c1-9-3-2-5-16-10(9)14-11(15-16)13-7-12(17)4-6-18-8-12/h2-3,5,17H,4,6-8H2,1H3,(H,13,15). The third-order valence-corrected chi connectivity index (χ3v) is 3.22. The molecule has 1 saturated heterocycles. The molecule has 0 aromatic carbocycles. The number of hydrogen-bond donors (Lipinski definition) is 2. The topological polar surface area (TPSA) is 71.7 Å². The highest BCUT2D eigenvalue weighted by atomic mass is 16.5. The van der Waals surface area contributed by atoms with Crippen LogP contribution in [0.15, 0.2) is 18.3 Å². The number of pyridine rings is 1. The number of aryl methyl sites for hydroxylation is 1. The van der Waals surface area contributed by atoms with Crippen molar-refractivity contribution in [2.24, 2.45) is 0 Å². The molecule has 3 rings (SSSR count). The maximum Gasteiger partial charge on any atom is 0.243 e. The molecule has 0 bridgehead atoms. The van der Waals surface area contributed by atoms with Gasteiger partial charge in [-0.05, 0) is 18.6 Å². The van der Waals surface area contributed by atoms with E-state index in [1.54, 1.807) is 4.52 Å². The quantitative estimate of drug-likeness (QED) is 0.832. The first kappa shape index (κ1) is 11.4. The van der Waals surface area contributed by atoms with Crippen molar-refractivity contribution in [3.8, 4) is 0 Å². The van der Waals surface area contributed by atoms with Crippen LogP contribution in [0.3, 0.4) is 0 Å². The van der Waals surface area contributed by atoms with Crippen molar-refractivity contribution in [2.75, 3.05) is 25.1 Å². The summed E-state index contributed by atoms with van der Waals surface area (Å²) in [5.41, 5.74) is 1.10. The van der Waals surface area contributed by atoms with E-state index in [-0.39, 0.29) is 0 Å². The molecule has 6 heteroatoms. The Kier molecular flexibility index (Phi) is 2.68. The molecular formula is C12H16N4O2. The Balaban J connectivity index is 1.77. The summed E-state index contributed by atoms with van der Waals surface area (Å²) in [6.45, 7) is 3.37. The Bertz CT molecular complexity index is 560. The zero-order chi connectivity index (χ0) is 12.6. The number of rotatable bonds is 3. The molecule has 1 unspecified atom stereocenters. The maximum atomic E-state index is 10.1. The van der Waals surface area contributed by atoms with E-state index in [1.807, 2.05) is 25.3 Å². The van der Waals surface area contributed by atoms with E-state index in [0.717, 1.165) is 11.2 Å². The highest BCUT2D eigenvalue weighted by Crippen LogP contribution is 2.18. The first-order valence-corrected chi connectivity index (χ1v) is 6.02. The van der Waals surface area contributed by atoms with E-state index in [2.05, 4.69) is 15.4 Å². The van der Waals surface area contributed by atoms with E-state index in [4.69, 9.17) is 4.74 Å². The Hall–Kier alpha value is -1.66. The van der Waals surface area contributed by atoms with Gasteiger partial charge in [-0.2, -0.15) is 4.98 Å². The average molecular weight is 248 g/mol. The molecule has 18 heavy (non-hydrogen) atoms. The van der Waals surface area contributed by atoms with Gasteiger partial charge >= 0.3 is 0 Å². The third kappa shape index (κ3) is 2.04. The van der Waals surface area contributed by atoms with Crippen LogP contribution in [0.1, 0.15) is 12.0 Å². The van der Waals surface area contributed by atoms with Crippen molar-refractivity contribution in [3.63, 3.8) is 0 Å². The van der Waals surface area contributed by atoms with Gasteiger partial charge in [-0.3, -0.25) is 0 Å². The summed E-state index contributed by atoms with van der Waals surface area (Å²) in [6, 6.07) is 3.92. The molecule has 0 radical (unpaired) electrons. The molecular weight excluding hydrogens is 232 g/mol. The predicted molar refractivity (Wildman–Crippen MR) is 66.6 cm³/mol. The number of aliphatic hydroxyl groups is 1. The molecule has 1 aliphatic heterocycles. The fraction of sp³-hybridized carbons (Fsp3) is 0.500. The molecule has 2 aromatic heterocycles. The minimum absolute atomic E-state index is 0.367. The van der Waals surface area contributed by atoms with Crippen molar-refractivity contribution in [1.29, 1.82) is 0 Å². The smallest absolute Gasteiger partial charge is 0.243 e. The molecule has 0 aliphatic carbocycles. The first-order valence-electron chi connectivity index (χ1n) is 6.02. The van der Waals surface area contributed by atoms with Gasteiger partial charge in [0.25, 0.3) is 0 Å². The van der Waals surface area contributed by atoms with E-state index in [0.29, 0.717) is 32.1 Å². The Morgan fingerprint density at radius 3 is 3.22 bits per heavy atom. The molecule has 1 aliphatic rings. The van der Waals surface area contributed by atoms with Gasteiger partial charge in [-0.25, -0.2) is 4.52 Å². The van der Waals surface area contributed by atoms with Crippen LogP contribution in [-0.2, 0) is 4.74 Å². The van der Waals surface area contributed by atoms with Crippen LogP contribution in [0.4, 0.5) is 5.95 Å². The van der Waals surface area contributed by atoms with Gasteiger partial charge in [-0.15, -0.1) is 5.10 Å². The molecule has 6 nitrogen and oxygen atoms in total. The summed E-state index contributed by atoms with van der Waals surface area (Å²) in [6.07, 6.45) is 2.50. The first-order chi connectivity index (χ1) is 8.66. The predicted octanol–water partition coefficient (Wildman–Crippen LogP) is 0.601. The van der Waals surface area contributed by atoms with Crippen LogP contribution in [0, 0.1) is 6.92 Å². The zero-order valence-electron chi connectivity index (χ0n) is 10.3. The summed E-state index contributed by atoms with van der Waals surface area (Å²) in [7, 11) is 0. The number of fused-ring (bicyclic) bond motifs is 1. The Morgan fingerprint density at radius 1 is 1.61 bits per heavy atom. The van der Waals surface area contributed by atoms with Crippen LogP contribution in [0.25, 0.3) is 5.65 Å². The van der Waals surface area contributed by atoms with Crippen molar-refractivity contribution in [2.45, 2.75) is 18.9 Å². The summed E-state index contributed by atoms with van der Waals surface area (Å²) >= 11 is 0. The highest BCUT2D eigenvalue weighted by Gasteiger charge is 2.32. The van der Waals surface area contributed by atoms with Crippen LogP contribution in [0.2, 0.25) is 0 Å². The summed E-state index contributed by atoms with van der Waals surface area (Å²) in [5, 5.41) is 17.5. The van der Waals surface area contributed by atoms with Crippen LogP contribution >= 0.6 is 0 Å². The molecule has 0 amide bonds. The minimum atomic E-state index is -0.799. The van der Waals surface area contributed by atoms with E-state index >= 15 is 0 Å². The minimum Gasteiger partial charge on any atom is -0.386 e. The number of ether oxygens (including phenoxy) is 1. The average Bonchev–Trinajstić information content (AvgIpc) is 2.94. The van der Waals surface area contributed by atoms with Gasteiger partial charge in [0.15, 0.2) is 5.65 Å². The van der Waals surface area contributed by atoms with Gasteiger partial charge < -0.3 is 15.2 Å². The van der Waals surface area contributed by atoms with E-state index < -0.39 is 5.60 Å². The Labute approximate surface area is 105 Å². The SMILES string of the molecule is Cc1cccn2nc(NCC3(O)CCOC3)nc12. The van der Waals surface area contributed by atoms with Gasteiger partial charge in [0.05, 0.1) is 6.61 Å². The number of nitrogens with zero attached hydrogens (tertiary/aromatic N) is 3. The lowest BCUT2D eigenvalue weighted by molar-refractivity contribution is 0.0380. The molecule has 1 atom stereocenters. The normalized spacial score (nSPS) is 23.7. The number of anilines is 1. The fourth-order valence-electron chi connectivity index (χ4n) is 2.09. The zero-order valence-corrected chi connectivity index (χ0v) is 10.3. The molecule has 0 spiro atoms. The third-order valence-electron chi connectivity index (χ3n) is 3.22. The Morgan fingerprint density at radius 2 is 2.50 bits per heavy atom. The van der Waals surface area contributed by atoms with Crippen LogP contribution in [0.5, 0.6) is 0 Å². The van der Waals surface area contributed by atoms with Crippen molar-refractivity contribution in [3.05, 3.63) is 23.9 Å². The second-order valence-corrected chi connectivity index (χ2v) is 4.78. The van der Waals surface area contributed by atoms with E-state index in [1.165, 1.54) is 0 Å². The second kappa shape index (κ2) is 4.22. The summed E-state index contributed by atoms with van der Waals surface area (Å²) in [5.74, 6) is 0.532. The lowest BCUT2D eigenvalue weighted by Crippen LogP contribution is -2.37. The van der Waals surface area contributed by atoms with Crippen molar-refractivity contribution in [1.82, 2.24) is 14.6 Å². The summed E-state index contributed by atoms with van der Waals surface area (Å²) < 4.78 is 6.92. The number of hydrogen-bond acceptors (Lipinski definition) is 5. The maximum absolute atomic E-state index is 10.1. The molecule has 1 fully saturated rings. The van der Waals surface area contributed by atoms with Gasteiger partial charge in [0.2, 0.25) is 5.95 Å². The van der Waals surface area contributed by atoms with Gasteiger partial charge in [0.1, 0.15) is 5.60 Å². The lowest BCUT2D eigenvalue weighted by atomic mass is 10.0. The van der Waals surface area contributed by atoms with Gasteiger partial charge in [0, 0.05) is 25.8 Å². The van der Waals surface area contributed by atoms with E-state index in [9.17, 15) is 5.11 Å². The highest BCUT2D eigenvalue weighted by molar-refractivity contribution is 5.49. The molecule has 96 valence electrons. The molecule has 0 saturated carbocycles. The molecule has 2 aromatic rings. The molecule has 3 heterocycles. The van der Waals surface area contributed by atoms with Crippen LogP contribution in [-0.4, -0.2) is 45.1 Å². The number of nitrogens with one attached hydrogen (secondary N) is 1. The lowest BCUT2D eigenvalue weighted by Gasteiger charge is -2.19. The van der Waals surface area contributed by atoms with Crippen molar-refractivity contribution >= 4 is 11.6 Å². The van der Waals surface area contributed by atoms with Gasteiger partial charge in [-0.1, -0.05) is 6.07 Å². The van der Waals surface area contributed by atoms with Crippen LogP contribution < -0.4 is 5.32 Å². The summed E-state index contributed by atoms with van der Waals surface area (Å²) in [4.78, 5) is 4.39. The second-order valence-electron chi connectivity index (χ2n) is 4.78. The number of aromatic nitrogens is 3.